The number of benzene rings is 4. The Kier molecular flexibility index (Phi) is 11.0. The van der Waals surface area contributed by atoms with Crippen LogP contribution in [0.2, 0.25) is 20.1 Å². The number of hydrogen-bond donors (Lipinski definition) is 4. The third-order valence-corrected chi connectivity index (χ3v) is 11.7. The lowest BCUT2D eigenvalue weighted by Gasteiger charge is -2.12. The van der Waals surface area contributed by atoms with Gasteiger partial charge in [-0.15, -0.1) is 11.3 Å². The van der Waals surface area contributed by atoms with Gasteiger partial charge in [-0.1, -0.05) is 82.8 Å². The Morgan fingerprint density at radius 3 is 1.43 bits per heavy atom. The molecule has 15 heteroatoms. The second-order valence-electron chi connectivity index (χ2n) is 12.3. The van der Waals surface area contributed by atoms with Crippen LogP contribution in [0.3, 0.4) is 0 Å². The third-order valence-electron chi connectivity index (χ3n) is 8.87. The summed E-state index contributed by atoms with van der Waals surface area (Å²) in [6.45, 7) is 5.16. The van der Waals surface area contributed by atoms with E-state index < -0.39 is 0 Å². The fraction of sp³-hybridized carbons (Fsp3) is 0.158. The first-order valence-electron chi connectivity index (χ1n) is 16.5. The maximum Gasteiger partial charge on any atom is 0.275 e. The molecule has 0 aliphatic rings. The zero-order valence-electron chi connectivity index (χ0n) is 28.4. The van der Waals surface area contributed by atoms with Gasteiger partial charge >= 0.3 is 0 Å². The van der Waals surface area contributed by atoms with Crippen molar-refractivity contribution in [2.45, 2.75) is 40.0 Å². The van der Waals surface area contributed by atoms with Gasteiger partial charge in [0.05, 0.1) is 65.0 Å². The number of halogens is 4. The summed E-state index contributed by atoms with van der Waals surface area (Å²) in [4.78, 5) is 37.2. The van der Waals surface area contributed by atoms with E-state index in [9.17, 15) is 9.59 Å². The Labute approximate surface area is 329 Å². The van der Waals surface area contributed by atoms with Crippen molar-refractivity contribution in [3.05, 3.63) is 149 Å². The van der Waals surface area contributed by atoms with Crippen molar-refractivity contribution in [2.24, 2.45) is 0 Å². The summed E-state index contributed by atoms with van der Waals surface area (Å²) in [5, 5.41) is 1.92. The van der Waals surface area contributed by atoms with Crippen LogP contribution < -0.4 is 21.7 Å². The predicted molar refractivity (Wildman–Crippen MR) is 213 cm³/mol. The SMILES string of the molecule is Cc1c(C(=O)NNCc2nc3ccccc3n2Cc2ccc(Cl)c(Cl)c2)sc(C(=O)NNCc2nc3ccccc3n2Cc2ccc(Cl)c(Cl)c2)c1C. The molecular formula is C38H32Cl4N8O2S. The number of rotatable bonds is 12. The second kappa shape index (κ2) is 15.9. The highest BCUT2D eigenvalue weighted by Crippen LogP contribution is 2.29. The number of aromatic nitrogens is 4. The molecule has 0 saturated carbocycles. The average molecular weight is 807 g/mol. The maximum absolute atomic E-state index is 13.4. The second-order valence-corrected chi connectivity index (χ2v) is 15.0. The highest BCUT2D eigenvalue weighted by atomic mass is 35.5. The van der Waals surface area contributed by atoms with Crippen molar-refractivity contribution >= 4 is 91.6 Å². The number of nitrogens with zero attached hydrogens (tertiary/aromatic N) is 4. The molecule has 10 nitrogen and oxygen atoms in total. The first kappa shape index (κ1) is 36.9. The molecule has 0 fully saturated rings. The molecule has 270 valence electrons. The molecule has 4 aromatic carbocycles. The van der Waals surface area contributed by atoms with Crippen molar-refractivity contribution in [2.75, 3.05) is 0 Å². The number of hydrogen-bond acceptors (Lipinski definition) is 7. The van der Waals surface area contributed by atoms with Gasteiger partial charge in [0.25, 0.3) is 11.8 Å². The van der Waals surface area contributed by atoms with E-state index in [0.717, 1.165) is 55.7 Å². The number of hydrazine groups is 2. The molecule has 0 bridgehead atoms. The third kappa shape index (κ3) is 7.92. The fourth-order valence-corrected chi connectivity index (χ4v) is 7.81. The summed E-state index contributed by atoms with van der Waals surface area (Å²) in [5.41, 5.74) is 18.5. The van der Waals surface area contributed by atoms with E-state index in [0.29, 0.717) is 54.6 Å². The molecule has 4 N–H and O–H groups in total. The molecule has 0 atom stereocenters. The number of nitrogens with one attached hydrogen (secondary N) is 4. The minimum absolute atomic E-state index is 0.248. The minimum Gasteiger partial charge on any atom is -0.322 e. The molecular weight excluding hydrogens is 774 g/mol. The summed E-state index contributed by atoms with van der Waals surface area (Å²) in [6.07, 6.45) is 0. The van der Waals surface area contributed by atoms with Crippen LogP contribution in [0.15, 0.2) is 84.9 Å². The van der Waals surface area contributed by atoms with Crippen LogP contribution >= 0.6 is 57.7 Å². The van der Waals surface area contributed by atoms with Gasteiger partial charge in [-0.05, 0) is 84.6 Å². The molecule has 7 aromatic rings. The summed E-state index contributed by atoms with van der Waals surface area (Å²) in [6, 6.07) is 26.7. The van der Waals surface area contributed by atoms with E-state index in [4.69, 9.17) is 56.4 Å². The normalized spacial score (nSPS) is 11.4. The number of fused-ring (bicyclic) bond motifs is 2. The Morgan fingerprint density at radius 2 is 1.02 bits per heavy atom. The smallest absolute Gasteiger partial charge is 0.275 e. The number of carbonyl (C=O) groups is 2. The van der Waals surface area contributed by atoms with Gasteiger partial charge in [0, 0.05) is 13.1 Å². The van der Waals surface area contributed by atoms with Gasteiger partial charge in [-0.2, -0.15) is 0 Å². The molecule has 0 unspecified atom stereocenters. The number of amides is 2. The van der Waals surface area contributed by atoms with Crippen LogP contribution in [-0.2, 0) is 26.2 Å². The highest BCUT2D eigenvalue weighted by molar-refractivity contribution is 7.16. The van der Waals surface area contributed by atoms with Crippen LogP contribution in [0.1, 0.15) is 53.2 Å². The standard InChI is InChI=1S/C38H32Cl4N8O2S/c1-21-22(2)36(38(52)48-44-18-34-46-30-8-4-6-10-32(30)50(34)20-24-12-14-26(40)28(42)16-24)53-35(21)37(51)47-43-17-33-45-29-7-3-5-9-31(29)49(33)19-23-11-13-25(39)27(41)15-23/h3-16,43-44H,17-20H2,1-2H3,(H,47,51)(H,48,52). The first-order valence-corrected chi connectivity index (χ1v) is 18.8. The van der Waals surface area contributed by atoms with Crippen LogP contribution in [0.25, 0.3) is 22.1 Å². The lowest BCUT2D eigenvalue weighted by atomic mass is 10.1. The topological polar surface area (TPSA) is 118 Å². The van der Waals surface area contributed by atoms with Crippen LogP contribution in [0, 0.1) is 13.8 Å². The van der Waals surface area contributed by atoms with Gasteiger partial charge in [0.15, 0.2) is 0 Å². The van der Waals surface area contributed by atoms with Gasteiger partial charge in [-0.25, -0.2) is 20.8 Å². The molecule has 0 saturated heterocycles. The minimum atomic E-state index is -0.356. The summed E-state index contributed by atoms with van der Waals surface area (Å²) in [7, 11) is 0. The van der Waals surface area contributed by atoms with Gasteiger partial charge < -0.3 is 9.13 Å². The Morgan fingerprint density at radius 1 is 0.604 bits per heavy atom. The van der Waals surface area contributed by atoms with Crippen molar-refractivity contribution in [3.8, 4) is 0 Å². The zero-order chi connectivity index (χ0) is 37.2. The highest BCUT2D eigenvalue weighted by Gasteiger charge is 2.22. The molecule has 3 aromatic heterocycles. The van der Waals surface area contributed by atoms with Crippen LogP contribution in [0.4, 0.5) is 0 Å². The Hall–Kier alpha value is -4.46. The first-order chi connectivity index (χ1) is 25.6. The van der Waals surface area contributed by atoms with E-state index in [2.05, 4.69) is 30.8 Å². The number of imidazole rings is 2. The van der Waals surface area contributed by atoms with Crippen molar-refractivity contribution in [1.29, 1.82) is 0 Å². The van der Waals surface area contributed by atoms with E-state index >= 15 is 0 Å². The fourth-order valence-electron chi connectivity index (χ4n) is 6.06. The van der Waals surface area contributed by atoms with Crippen LogP contribution in [0.5, 0.6) is 0 Å². The van der Waals surface area contributed by atoms with Crippen molar-refractivity contribution in [3.63, 3.8) is 0 Å². The summed E-state index contributed by atoms with van der Waals surface area (Å²) >= 11 is 26.0. The van der Waals surface area contributed by atoms with Gasteiger partial charge in [0.1, 0.15) is 11.6 Å². The monoisotopic (exact) mass is 804 g/mol. The summed E-state index contributed by atoms with van der Waals surface area (Å²) in [5.74, 6) is 0.720. The quantitative estimate of drug-likeness (QED) is 0.0920. The lowest BCUT2D eigenvalue weighted by molar-refractivity contribution is 0.0928. The van der Waals surface area contributed by atoms with E-state index in [1.165, 1.54) is 0 Å². The van der Waals surface area contributed by atoms with E-state index in [1.807, 2.05) is 86.6 Å². The number of thiophene rings is 1. The lowest BCUT2D eigenvalue weighted by Crippen LogP contribution is -2.37. The number of carbonyl (C=O) groups excluding carboxylic acids is 2. The molecule has 2 amide bonds. The molecule has 7 rings (SSSR count). The zero-order valence-corrected chi connectivity index (χ0v) is 32.3. The molecule has 0 aliphatic heterocycles. The summed E-state index contributed by atoms with van der Waals surface area (Å²) < 4.78 is 4.12. The van der Waals surface area contributed by atoms with Crippen molar-refractivity contribution in [1.82, 2.24) is 40.8 Å². The van der Waals surface area contributed by atoms with Crippen LogP contribution in [-0.4, -0.2) is 30.9 Å². The van der Waals surface area contributed by atoms with Crippen molar-refractivity contribution < 1.29 is 9.59 Å². The molecule has 0 radical (unpaired) electrons. The maximum atomic E-state index is 13.4. The Balaban J connectivity index is 1.00. The Bertz CT molecular complexity index is 2340. The van der Waals surface area contributed by atoms with Gasteiger partial charge in [0.2, 0.25) is 0 Å². The average Bonchev–Trinajstić information content (AvgIpc) is 3.78. The van der Waals surface area contributed by atoms with E-state index in [-0.39, 0.29) is 24.9 Å². The molecule has 0 spiro atoms. The molecule has 53 heavy (non-hydrogen) atoms. The molecule has 3 heterocycles. The predicted octanol–water partition coefficient (Wildman–Crippen LogP) is 8.64. The largest absolute Gasteiger partial charge is 0.322 e. The number of para-hydroxylation sites is 4. The van der Waals surface area contributed by atoms with Gasteiger partial charge in [-0.3, -0.25) is 20.4 Å². The molecule has 0 aliphatic carbocycles. The van der Waals surface area contributed by atoms with E-state index in [1.54, 1.807) is 12.1 Å².